The quantitative estimate of drug-likeness (QED) is 0.644. The molecule has 0 rings (SSSR count). The first kappa shape index (κ1) is 15.4. The van der Waals surface area contributed by atoms with E-state index < -0.39 is 5.60 Å². The fourth-order valence-corrected chi connectivity index (χ4v) is 0.144. The van der Waals surface area contributed by atoms with Crippen LogP contribution >= 0.6 is 0 Å². The number of methoxy groups -OCH3 is 1. The Bertz CT molecular complexity index is 216. The zero-order valence-corrected chi connectivity index (χ0v) is 9.63. The van der Waals surface area contributed by atoms with E-state index in [0.717, 1.165) is 0 Å². The number of rotatable bonds is 3. The Hall–Kier alpha value is -1.03. The Balaban J connectivity index is 0. The molecule has 0 bridgehead atoms. The van der Waals surface area contributed by atoms with Crippen molar-refractivity contribution in [2.75, 3.05) is 7.11 Å². The van der Waals surface area contributed by atoms with E-state index in [9.17, 15) is 14.4 Å². The molecule has 0 radical (unpaired) electrons. The molecule has 0 aromatic carbocycles. The minimum atomic E-state index is -0.597. The van der Waals surface area contributed by atoms with Gasteiger partial charge >= 0.3 is 0 Å². The van der Waals surface area contributed by atoms with E-state index in [1.54, 1.807) is 13.8 Å². The Morgan fingerprint density at radius 2 is 1.21 bits per heavy atom. The van der Waals surface area contributed by atoms with Crippen LogP contribution in [0, 0.1) is 0 Å². The molecule has 0 aromatic rings. The molecule has 0 atom stereocenters. The van der Waals surface area contributed by atoms with Crippen LogP contribution < -0.4 is 0 Å². The van der Waals surface area contributed by atoms with Crippen LogP contribution in [0.15, 0.2) is 0 Å². The average molecular weight is 202 g/mol. The van der Waals surface area contributed by atoms with Gasteiger partial charge in [-0.2, -0.15) is 0 Å². The fourth-order valence-electron chi connectivity index (χ4n) is 0.144. The number of ether oxygens (including phenoxy) is 1. The zero-order valence-electron chi connectivity index (χ0n) is 9.63. The van der Waals surface area contributed by atoms with Gasteiger partial charge in [-0.15, -0.1) is 0 Å². The van der Waals surface area contributed by atoms with Crippen LogP contribution in [0.4, 0.5) is 0 Å². The lowest BCUT2D eigenvalue weighted by Gasteiger charge is -2.17. The van der Waals surface area contributed by atoms with Crippen molar-refractivity contribution in [2.45, 2.75) is 40.2 Å². The zero-order chi connectivity index (χ0) is 11.9. The molecule has 0 heterocycles. The molecule has 0 fully saturated rings. The summed E-state index contributed by atoms with van der Waals surface area (Å²) < 4.78 is 4.85. The van der Waals surface area contributed by atoms with Crippen molar-refractivity contribution in [2.24, 2.45) is 0 Å². The van der Waals surface area contributed by atoms with Gasteiger partial charge in [0.15, 0.2) is 17.3 Å². The highest BCUT2D eigenvalue weighted by molar-refractivity contribution is 6.35. The van der Waals surface area contributed by atoms with Gasteiger partial charge < -0.3 is 4.74 Å². The third-order valence-corrected chi connectivity index (χ3v) is 1.85. The fraction of sp³-hybridized carbons (Fsp3) is 0.700. The highest BCUT2D eigenvalue weighted by atomic mass is 16.5. The molecular weight excluding hydrogens is 184 g/mol. The van der Waals surface area contributed by atoms with Gasteiger partial charge in [0.05, 0.1) is 0 Å². The van der Waals surface area contributed by atoms with Crippen LogP contribution in [-0.2, 0) is 19.1 Å². The molecule has 0 saturated carbocycles. The number of hydrogen-bond acceptors (Lipinski definition) is 4. The van der Waals surface area contributed by atoms with Crippen molar-refractivity contribution < 1.29 is 19.1 Å². The van der Waals surface area contributed by atoms with Gasteiger partial charge in [-0.25, -0.2) is 0 Å². The molecule has 82 valence electrons. The summed E-state index contributed by atoms with van der Waals surface area (Å²) in [6, 6.07) is 0. The minimum absolute atomic E-state index is 0.0556. The summed E-state index contributed by atoms with van der Waals surface area (Å²) in [5.74, 6) is -0.704. The smallest absolute Gasteiger partial charge is 0.195 e. The third kappa shape index (κ3) is 7.61. The van der Waals surface area contributed by atoms with Crippen molar-refractivity contribution in [1.82, 2.24) is 0 Å². The van der Waals surface area contributed by atoms with Crippen LogP contribution in [0.25, 0.3) is 0 Å². The summed E-state index contributed by atoms with van der Waals surface area (Å²) in [7, 11) is 1.53. The lowest BCUT2D eigenvalue weighted by Crippen LogP contribution is -2.31. The molecule has 14 heavy (non-hydrogen) atoms. The largest absolute Gasteiger partial charge is 0.371 e. The van der Waals surface area contributed by atoms with E-state index >= 15 is 0 Å². The van der Waals surface area contributed by atoms with Crippen LogP contribution in [0.5, 0.6) is 0 Å². The average Bonchev–Trinajstić information content (AvgIpc) is 2.05. The molecular formula is C10H18O4. The SMILES string of the molecule is CC(=O)C(C)=O.COC(C)(C)C(C)=O. The van der Waals surface area contributed by atoms with E-state index in [1.165, 1.54) is 27.9 Å². The molecule has 4 nitrogen and oxygen atoms in total. The summed E-state index contributed by atoms with van der Waals surface area (Å²) in [6.45, 7) is 7.51. The second kappa shape index (κ2) is 6.43. The molecule has 0 aromatic heterocycles. The molecule has 0 saturated heterocycles. The second-order valence-corrected chi connectivity index (χ2v) is 3.38. The molecule has 0 amide bonds. The molecule has 0 aliphatic rings. The van der Waals surface area contributed by atoms with E-state index in [0.29, 0.717) is 0 Å². The number of Topliss-reactive ketones (excluding diaryl/α,β-unsaturated/α-hetero) is 3. The normalized spacial score (nSPS) is 9.86. The number of ketones is 3. The van der Waals surface area contributed by atoms with E-state index in [-0.39, 0.29) is 17.3 Å². The Morgan fingerprint density at radius 3 is 1.21 bits per heavy atom. The minimum Gasteiger partial charge on any atom is -0.371 e. The highest BCUT2D eigenvalue weighted by Gasteiger charge is 2.21. The maximum absolute atomic E-state index is 10.6. The molecule has 0 aliphatic carbocycles. The van der Waals surface area contributed by atoms with Crippen molar-refractivity contribution >= 4 is 17.3 Å². The summed E-state index contributed by atoms with van der Waals surface area (Å²) in [4.78, 5) is 30.2. The Kier molecular flexibility index (Phi) is 7.09. The Morgan fingerprint density at radius 1 is 0.929 bits per heavy atom. The van der Waals surface area contributed by atoms with Crippen molar-refractivity contribution in [3.63, 3.8) is 0 Å². The standard InChI is InChI=1S/C6H12O2.C4H6O2/c1-5(7)6(2,3)8-4;1-3(5)4(2)6/h1-4H3;1-2H3. The summed E-state index contributed by atoms with van der Waals surface area (Å²) >= 11 is 0. The van der Waals surface area contributed by atoms with Gasteiger partial charge in [0, 0.05) is 21.0 Å². The first-order valence-corrected chi connectivity index (χ1v) is 4.22. The topological polar surface area (TPSA) is 60.4 Å². The summed E-state index contributed by atoms with van der Waals surface area (Å²) in [6.07, 6.45) is 0. The van der Waals surface area contributed by atoms with Crippen LogP contribution in [-0.4, -0.2) is 30.1 Å². The highest BCUT2D eigenvalue weighted by Crippen LogP contribution is 2.06. The number of hydrogen-bond donors (Lipinski definition) is 0. The van der Waals surface area contributed by atoms with Gasteiger partial charge in [0.2, 0.25) is 0 Å². The van der Waals surface area contributed by atoms with E-state index in [4.69, 9.17) is 4.74 Å². The Labute approximate surface area is 84.6 Å². The lowest BCUT2D eigenvalue weighted by molar-refractivity contribution is -0.134. The van der Waals surface area contributed by atoms with Gasteiger partial charge in [0.1, 0.15) is 5.60 Å². The van der Waals surface area contributed by atoms with Crippen LogP contribution in [0.1, 0.15) is 34.6 Å². The van der Waals surface area contributed by atoms with Crippen molar-refractivity contribution in [3.05, 3.63) is 0 Å². The molecule has 0 N–H and O–H groups in total. The third-order valence-electron chi connectivity index (χ3n) is 1.85. The van der Waals surface area contributed by atoms with Gasteiger partial charge in [0.25, 0.3) is 0 Å². The maximum atomic E-state index is 10.6. The van der Waals surface area contributed by atoms with Gasteiger partial charge in [-0.05, 0) is 20.8 Å². The first-order chi connectivity index (χ1) is 6.15. The van der Waals surface area contributed by atoms with Crippen molar-refractivity contribution in [1.29, 1.82) is 0 Å². The number of carbonyl (C=O) groups excluding carboxylic acids is 3. The maximum Gasteiger partial charge on any atom is 0.195 e. The van der Waals surface area contributed by atoms with E-state index in [2.05, 4.69) is 0 Å². The predicted octanol–water partition coefficient (Wildman–Crippen LogP) is 1.16. The molecule has 0 spiro atoms. The van der Waals surface area contributed by atoms with E-state index in [1.807, 2.05) is 0 Å². The van der Waals surface area contributed by atoms with Crippen LogP contribution in [0.2, 0.25) is 0 Å². The molecule has 4 heteroatoms. The summed E-state index contributed by atoms with van der Waals surface area (Å²) in [5.41, 5.74) is -0.597. The first-order valence-electron chi connectivity index (χ1n) is 4.22. The predicted molar refractivity (Wildman–Crippen MR) is 53.1 cm³/mol. The van der Waals surface area contributed by atoms with Crippen LogP contribution in [0.3, 0.4) is 0 Å². The second-order valence-electron chi connectivity index (χ2n) is 3.38. The van der Waals surface area contributed by atoms with Crippen molar-refractivity contribution in [3.8, 4) is 0 Å². The van der Waals surface area contributed by atoms with Gasteiger partial charge in [-0.1, -0.05) is 0 Å². The lowest BCUT2D eigenvalue weighted by atomic mass is 10.1. The summed E-state index contributed by atoms with van der Waals surface area (Å²) in [5, 5.41) is 0. The number of carbonyl (C=O) groups is 3. The van der Waals surface area contributed by atoms with Gasteiger partial charge in [-0.3, -0.25) is 14.4 Å². The molecule has 0 unspecified atom stereocenters. The monoisotopic (exact) mass is 202 g/mol. The molecule has 0 aliphatic heterocycles.